The number of benzene rings is 1. The number of carbonyl (C=O) groups is 2. The van der Waals surface area contributed by atoms with E-state index in [-0.39, 0.29) is 40.0 Å². The molecule has 0 unspecified atom stereocenters. The maximum Gasteiger partial charge on any atom is 0.290 e. The summed E-state index contributed by atoms with van der Waals surface area (Å²) in [6.07, 6.45) is 4.19. The zero-order valence-corrected chi connectivity index (χ0v) is 25.3. The van der Waals surface area contributed by atoms with Crippen LogP contribution in [-0.4, -0.2) is 63.5 Å². The number of hydrogen-bond donors (Lipinski definition) is 1. The Morgan fingerprint density at radius 1 is 1.12 bits per heavy atom. The molecule has 220 valence electrons. The smallest absolute Gasteiger partial charge is 0.290 e. The molecule has 0 atom stereocenters. The summed E-state index contributed by atoms with van der Waals surface area (Å²) < 4.78 is 20.5. The Morgan fingerprint density at radius 2 is 1.83 bits per heavy atom. The highest BCUT2D eigenvalue weighted by Crippen LogP contribution is 2.41. The van der Waals surface area contributed by atoms with E-state index in [9.17, 15) is 19.1 Å². The molecule has 0 spiro atoms. The third-order valence-electron chi connectivity index (χ3n) is 8.74. The van der Waals surface area contributed by atoms with Crippen molar-refractivity contribution in [2.24, 2.45) is 5.41 Å². The molecular formula is C32H39ClFN3O4. The summed E-state index contributed by atoms with van der Waals surface area (Å²) in [5.41, 5.74) is 1.76. The standard InChI is InChI=1S/C32H39ClFN3O4/c1-30(2,3)21-15-24(20-8-9-22(33)23(34)14-20)35-25-16-26(41-28(21)25)29(40)37-13-12-36(18-31(37,4)5)27(39)17-32(19-38)10-6-7-11-32/h8-9,14-16,38H,6-7,10-13,17-19H2,1-5H3. The van der Waals surface area contributed by atoms with Crippen LogP contribution in [0.2, 0.25) is 5.02 Å². The second kappa shape index (κ2) is 10.7. The molecule has 41 heavy (non-hydrogen) atoms. The van der Waals surface area contributed by atoms with Crippen LogP contribution in [0.5, 0.6) is 0 Å². The van der Waals surface area contributed by atoms with Crippen molar-refractivity contribution >= 4 is 34.5 Å². The van der Waals surface area contributed by atoms with E-state index in [0.29, 0.717) is 48.4 Å². The minimum atomic E-state index is -0.627. The number of halogens is 2. The van der Waals surface area contributed by atoms with Crippen molar-refractivity contribution in [3.63, 3.8) is 0 Å². The van der Waals surface area contributed by atoms with Crippen LogP contribution in [0.4, 0.5) is 4.39 Å². The van der Waals surface area contributed by atoms with Gasteiger partial charge in [0.05, 0.1) is 16.3 Å². The molecule has 1 aromatic carbocycles. The lowest BCUT2D eigenvalue weighted by Crippen LogP contribution is -2.62. The average Bonchev–Trinajstić information content (AvgIpc) is 3.55. The zero-order chi connectivity index (χ0) is 29.7. The van der Waals surface area contributed by atoms with Crippen molar-refractivity contribution in [1.82, 2.24) is 14.8 Å². The van der Waals surface area contributed by atoms with Gasteiger partial charge in [-0.3, -0.25) is 9.59 Å². The number of rotatable bonds is 5. The summed E-state index contributed by atoms with van der Waals surface area (Å²) >= 11 is 5.89. The fraction of sp³-hybridized carbons (Fsp3) is 0.531. The van der Waals surface area contributed by atoms with Crippen LogP contribution in [0, 0.1) is 11.2 Å². The van der Waals surface area contributed by atoms with Crippen molar-refractivity contribution < 1.29 is 23.5 Å². The van der Waals surface area contributed by atoms with Gasteiger partial charge >= 0.3 is 0 Å². The van der Waals surface area contributed by atoms with Crippen LogP contribution in [0.1, 0.15) is 82.8 Å². The molecule has 2 aromatic heterocycles. The van der Waals surface area contributed by atoms with Gasteiger partial charge in [-0.1, -0.05) is 51.3 Å². The molecule has 0 radical (unpaired) electrons. The summed E-state index contributed by atoms with van der Waals surface area (Å²) in [5, 5.41) is 10.0. The molecule has 1 N–H and O–H groups in total. The molecule has 9 heteroatoms. The first-order valence-corrected chi connectivity index (χ1v) is 14.7. The van der Waals surface area contributed by atoms with Gasteiger partial charge < -0.3 is 19.3 Å². The van der Waals surface area contributed by atoms with E-state index in [1.165, 1.54) is 12.1 Å². The predicted molar refractivity (Wildman–Crippen MR) is 157 cm³/mol. The maximum atomic E-state index is 14.3. The topological polar surface area (TPSA) is 86.9 Å². The number of pyridine rings is 1. The molecule has 2 amide bonds. The number of hydrogen-bond acceptors (Lipinski definition) is 5. The average molecular weight is 584 g/mol. The van der Waals surface area contributed by atoms with Gasteiger partial charge in [-0.25, -0.2) is 9.37 Å². The Balaban J connectivity index is 1.41. The summed E-state index contributed by atoms with van der Waals surface area (Å²) in [7, 11) is 0. The fourth-order valence-corrected chi connectivity index (χ4v) is 6.43. The summed E-state index contributed by atoms with van der Waals surface area (Å²) in [6, 6.07) is 8.11. The highest BCUT2D eigenvalue weighted by molar-refractivity contribution is 6.30. The SMILES string of the molecule is CC(C)(C)c1cc(-c2ccc(Cl)c(F)c2)nc2cc(C(=O)N3CCN(C(=O)CC4(CO)CCCC4)CC3(C)C)oc12. The Bertz CT molecular complexity index is 1490. The van der Waals surface area contributed by atoms with Gasteiger partial charge in [-0.05, 0) is 50.3 Å². The molecule has 1 aliphatic carbocycles. The normalized spacial score (nSPS) is 18.7. The van der Waals surface area contributed by atoms with Gasteiger partial charge in [-0.15, -0.1) is 0 Å². The predicted octanol–water partition coefficient (Wildman–Crippen LogP) is 6.59. The number of aromatic nitrogens is 1. The van der Waals surface area contributed by atoms with E-state index in [0.717, 1.165) is 31.2 Å². The minimum Gasteiger partial charge on any atom is -0.449 e. The molecule has 0 bridgehead atoms. The molecule has 7 nitrogen and oxygen atoms in total. The lowest BCUT2D eigenvalue weighted by atomic mass is 9.83. The van der Waals surface area contributed by atoms with Gasteiger partial charge in [0, 0.05) is 55.3 Å². The van der Waals surface area contributed by atoms with E-state index in [2.05, 4.69) is 0 Å². The molecule has 3 aromatic rings. The third kappa shape index (κ3) is 5.73. The van der Waals surface area contributed by atoms with Gasteiger partial charge in [0.15, 0.2) is 11.3 Å². The summed E-state index contributed by atoms with van der Waals surface area (Å²) in [6.45, 7) is 11.3. The quantitative estimate of drug-likeness (QED) is 0.366. The molecule has 5 rings (SSSR count). The monoisotopic (exact) mass is 583 g/mol. The molecule has 1 saturated carbocycles. The van der Waals surface area contributed by atoms with Gasteiger partial charge in [0.1, 0.15) is 11.3 Å². The van der Waals surface area contributed by atoms with Crippen LogP contribution >= 0.6 is 11.6 Å². The van der Waals surface area contributed by atoms with Gasteiger partial charge in [0.2, 0.25) is 5.91 Å². The minimum absolute atomic E-state index is 0.0336. The summed E-state index contributed by atoms with van der Waals surface area (Å²) in [4.78, 5) is 35.4. The van der Waals surface area contributed by atoms with Crippen LogP contribution in [0.15, 0.2) is 34.7 Å². The molecule has 1 aliphatic heterocycles. The number of aliphatic hydroxyl groups excluding tert-OH is 1. The first kappa shape index (κ1) is 29.5. The largest absolute Gasteiger partial charge is 0.449 e. The van der Waals surface area contributed by atoms with Crippen molar-refractivity contribution in [3.8, 4) is 11.3 Å². The van der Waals surface area contributed by atoms with Crippen molar-refractivity contribution in [2.75, 3.05) is 26.2 Å². The molecule has 2 fully saturated rings. The molecule has 3 heterocycles. The lowest BCUT2D eigenvalue weighted by molar-refractivity contribution is -0.138. The first-order valence-electron chi connectivity index (χ1n) is 14.3. The lowest BCUT2D eigenvalue weighted by Gasteiger charge is -2.47. The Hall–Kier alpha value is -2.97. The molecular weight excluding hydrogens is 545 g/mol. The number of carbonyl (C=O) groups excluding carboxylic acids is 2. The van der Waals surface area contributed by atoms with Crippen LogP contribution in [-0.2, 0) is 10.2 Å². The number of aliphatic hydroxyl groups is 1. The van der Waals surface area contributed by atoms with E-state index >= 15 is 0 Å². The van der Waals surface area contributed by atoms with E-state index in [1.54, 1.807) is 17.0 Å². The highest BCUT2D eigenvalue weighted by atomic mass is 35.5. The molecule has 1 saturated heterocycles. The fourth-order valence-electron chi connectivity index (χ4n) is 6.31. The van der Waals surface area contributed by atoms with Gasteiger partial charge in [0.25, 0.3) is 5.91 Å². The van der Waals surface area contributed by atoms with Crippen LogP contribution < -0.4 is 0 Å². The second-order valence-corrected chi connectivity index (χ2v) is 13.8. The Morgan fingerprint density at radius 3 is 2.44 bits per heavy atom. The first-order chi connectivity index (χ1) is 19.2. The zero-order valence-electron chi connectivity index (χ0n) is 24.5. The van der Waals surface area contributed by atoms with Crippen LogP contribution in [0.25, 0.3) is 22.4 Å². The van der Waals surface area contributed by atoms with Crippen LogP contribution in [0.3, 0.4) is 0 Å². The maximum absolute atomic E-state index is 14.3. The van der Waals surface area contributed by atoms with Crippen molar-refractivity contribution in [1.29, 1.82) is 0 Å². The number of amides is 2. The Kier molecular flexibility index (Phi) is 7.70. The number of fused-ring (bicyclic) bond motifs is 1. The molecule has 2 aliphatic rings. The number of nitrogens with zero attached hydrogens (tertiary/aromatic N) is 3. The van der Waals surface area contributed by atoms with E-state index < -0.39 is 11.4 Å². The van der Waals surface area contributed by atoms with E-state index in [4.69, 9.17) is 21.0 Å². The van der Waals surface area contributed by atoms with E-state index in [1.807, 2.05) is 45.6 Å². The van der Waals surface area contributed by atoms with Crippen molar-refractivity contribution in [2.45, 2.75) is 77.7 Å². The van der Waals surface area contributed by atoms with Crippen molar-refractivity contribution in [3.05, 3.63) is 52.5 Å². The Labute approximate surface area is 245 Å². The number of piperazine rings is 1. The second-order valence-electron chi connectivity index (χ2n) is 13.4. The summed E-state index contributed by atoms with van der Waals surface area (Å²) in [5.74, 6) is -0.576. The highest BCUT2D eigenvalue weighted by Gasteiger charge is 2.42. The van der Waals surface area contributed by atoms with Gasteiger partial charge in [-0.2, -0.15) is 0 Å². The third-order valence-corrected chi connectivity index (χ3v) is 9.05. The number of furan rings is 1.